The Morgan fingerprint density at radius 1 is 1.55 bits per heavy atom. The Kier molecular flexibility index (Phi) is 4.82. The van der Waals surface area contributed by atoms with Crippen LogP contribution in [0.25, 0.3) is 0 Å². The van der Waals surface area contributed by atoms with Crippen LogP contribution >= 0.6 is 23.1 Å². The van der Waals surface area contributed by atoms with E-state index in [9.17, 15) is 14.4 Å². The van der Waals surface area contributed by atoms with Crippen LogP contribution < -0.4 is 4.90 Å². The van der Waals surface area contributed by atoms with Gasteiger partial charge in [-0.15, -0.1) is 11.3 Å². The summed E-state index contributed by atoms with van der Waals surface area (Å²) in [6.45, 7) is 2.06. The van der Waals surface area contributed by atoms with Crippen LogP contribution in [0.1, 0.15) is 23.0 Å². The number of ether oxygens (including phenoxy) is 1. The Morgan fingerprint density at radius 3 is 2.95 bits per heavy atom. The van der Waals surface area contributed by atoms with Crippen LogP contribution in [0.15, 0.2) is 11.4 Å². The summed E-state index contributed by atoms with van der Waals surface area (Å²) in [5.41, 5.74) is 0.613. The lowest BCUT2D eigenvalue weighted by molar-refractivity contribution is -0.117. The fraction of sp³-hybridized carbons (Fsp3) is 0.462. The summed E-state index contributed by atoms with van der Waals surface area (Å²) >= 11 is 2.50. The van der Waals surface area contributed by atoms with Crippen molar-refractivity contribution in [3.63, 3.8) is 0 Å². The number of thioether (sulfide) groups is 1. The van der Waals surface area contributed by atoms with Crippen molar-refractivity contribution >= 4 is 45.8 Å². The summed E-state index contributed by atoms with van der Waals surface area (Å²) in [4.78, 5) is 36.8. The molecule has 2 heterocycles. The molecular weight excluding hydrogens is 298 g/mol. The highest BCUT2D eigenvalue weighted by molar-refractivity contribution is 8.13. The van der Waals surface area contributed by atoms with Gasteiger partial charge in [-0.3, -0.25) is 9.59 Å². The molecule has 0 bridgehead atoms. The number of thiophene rings is 1. The monoisotopic (exact) mass is 313 g/mol. The molecule has 0 N–H and O–H groups in total. The van der Waals surface area contributed by atoms with Crippen molar-refractivity contribution in [2.45, 2.75) is 13.3 Å². The van der Waals surface area contributed by atoms with E-state index < -0.39 is 5.97 Å². The molecule has 0 radical (unpaired) electrons. The van der Waals surface area contributed by atoms with Crippen LogP contribution in [-0.2, 0) is 14.3 Å². The standard InChI is InChI=1S/C13H15NO4S2/c1-8(15)20-7-9-5-11(16)14(6-9)10-3-4-19-12(10)13(17)18-2/h3-4,9H,5-7H2,1-2H3. The lowest BCUT2D eigenvalue weighted by Crippen LogP contribution is -2.26. The smallest absolute Gasteiger partial charge is 0.350 e. The van der Waals surface area contributed by atoms with Gasteiger partial charge in [0.25, 0.3) is 0 Å². The predicted octanol–water partition coefficient (Wildman–Crippen LogP) is 2.17. The van der Waals surface area contributed by atoms with Crippen molar-refractivity contribution in [3.8, 4) is 0 Å². The highest BCUT2D eigenvalue weighted by Gasteiger charge is 2.33. The SMILES string of the molecule is COC(=O)c1sccc1N1CC(CSC(C)=O)CC1=O. The van der Waals surface area contributed by atoms with E-state index in [1.54, 1.807) is 16.3 Å². The summed E-state index contributed by atoms with van der Waals surface area (Å²) < 4.78 is 4.72. The Labute approximate surface area is 125 Å². The van der Waals surface area contributed by atoms with Crippen LogP contribution in [0.3, 0.4) is 0 Å². The second-order valence-corrected chi connectivity index (χ2v) is 6.62. The van der Waals surface area contributed by atoms with Crippen molar-refractivity contribution in [1.29, 1.82) is 0 Å². The van der Waals surface area contributed by atoms with Gasteiger partial charge in [0.1, 0.15) is 4.88 Å². The summed E-state index contributed by atoms with van der Waals surface area (Å²) in [5, 5.41) is 1.83. The Hall–Kier alpha value is -1.34. The molecule has 1 aliphatic rings. The lowest BCUT2D eigenvalue weighted by Gasteiger charge is -2.16. The summed E-state index contributed by atoms with van der Waals surface area (Å²) in [7, 11) is 1.32. The van der Waals surface area contributed by atoms with E-state index in [4.69, 9.17) is 4.74 Å². The topological polar surface area (TPSA) is 63.7 Å². The van der Waals surface area contributed by atoms with E-state index in [2.05, 4.69) is 0 Å². The van der Waals surface area contributed by atoms with Gasteiger partial charge in [-0.05, 0) is 17.4 Å². The lowest BCUT2D eigenvalue weighted by atomic mass is 10.1. The second kappa shape index (κ2) is 6.41. The number of nitrogens with zero attached hydrogens (tertiary/aromatic N) is 1. The number of carbonyl (C=O) groups excluding carboxylic acids is 3. The van der Waals surface area contributed by atoms with Crippen LogP contribution in [0.2, 0.25) is 0 Å². The van der Waals surface area contributed by atoms with E-state index in [0.29, 0.717) is 29.3 Å². The van der Waals surface area contributed by atoms with Gasteiger partial charge in [0.05, 0.1) is 12.8 Å². The minimum atomic E-state index is -0.427. The van der Waals surface area contributed by atoms with Crippen molar-refractivity contribution in [2.24, 2.45) is 5.92 Å². The molecule has 1 amide bonds. The van der Waals surface area contributed by atoms with Crippen LogP contribution in [0.4, 0.5) is 5.69 Å². The fourth-order valence-electron chi connectivity index (χ4n) is 2.12. The van der Waals surface area contributed by atoms with E-state index in [1.165, 1.54) is 37.1 Å². The molecule has 1 saturated heterocycles. The molecule has 1 fully saturated rings. The number of hydrogen-bond acceptors (Lipinski definition) is 6. The van der Waals surface area contributed by atoms with Gasteiger partial charge in [-0.25, -0.2) is 4.79 Å². The van der Waals surface area contributed by atoms with Crippen LogP contribution in [-0.4, -0.2) is 36.4 Å². The van der Waals surface area contributed by atoms with Crippen molar-refractivity contribution in [1.82, 2.24) is 0 Å². The van der Waals surface area contributed by atoms with Crippen LogP contribution in [0, 0.1) is 5.92 Å². The van der Waals surface area contributed by atoms with Crippen LogP contribution in [0.5, 0.6) is 0 Å². The molecule has 1 aliphatic heterocycles. The van der Waals surface area contributed by atoms with Crippen molar-refractivity contribution in [3.05, 3.63) is 16.3 Å². The zero-order valence-electron chi connectivity index (χ0n) is 11.3. The third-order valence-electron chi connectivity index (χ3n) is 3.03. The average molecular weight is 313 g/mol. The minimum absolute atomic E-state index is 0.0114. The van der Waals surface area contributed by atoms with Gasteiger partial charge in [0, 0.05) is 25.6 Å². The van der Waals surface area contributed by atoms with E-state index >= 15 is 0 Å². The molecule has 1 atom stereocenters. The van der Waals surface area contributed by atoms with Gasteiger partial charge >= 0.3 is 5.97 Å². The zero-order chi connectivity index (χ0) is 14.7. The third-order valence-corrected chi connectivity index (χ3v) is 4.96. The molecule has 7 heteroatoms. The molecule has 0 saturated carbocycles. The van der Waals surface area contributed by atoms with Gasteiger partial charge < -0.3 is 9.64 Å². The molecule has 1 aromatic heterocycles. The maximum atomic E-state index is 12.1. The first-order chi connectivity index (χ1) is 9.52. The van der Waals surface area contributed by atoms with E-state index in [0.717, 1.165) is 0 Å². The summed E-state index contributed by atoms with van der Waals surface area (Å²) in [6.07, 6.45) is 0.413. The number of carbonyl (C=O) groups is 3. The quantitative estimate of drug-likeness (QED) is 0.797. The molecule has 108 valence electrons. The zero-order valence-corrected chi connectivity index (χ0v) is 12.9. The number of hydrogen-bond donors (Lipinski definition) is 0. The summed E-state index contributed by atoms with van der Waals surface area (Å²) in [6, 6.07) is 1.76. The Morgan fingerprint density at radius 2 is 2.30 bits per heavy atom. The van der Waals surface area contributed by atoms with Gasteiger partial charge in [0.15, 0.2) is 5.12 Å². The van der Waals surface area contributed by atoms with E-state index in [1.807, 2.05) is 0 Å². The van der Waals surface area contributed by atoms with E-state index in [-0.39, 0.29) is 16.9 Å². The molecule has 20 heavy (non-hydrogen) atoms. The molecule has 0 aliphatic carbocycles. The van der Waals surface area contributed by atoms with Gasteiger partial charge in [-0.2, -0.15) is 0 Å². The summed E-state index contributed by atoms with van der Waals surface area (Å²) in [5.74, 6) is 0.337. The highest BCUT2D eigenvalue weighted by Crippen LogP contribution is 2.33. The molecule has 0 aromatic carbocycles. The predicted molar refractivity (Wildman–Crippen MR) is 79.3 cm³/mol. The first-order valence-corrected chi connectivity index (χ1v) is 7.99. The van der Waals surface area contributed by atoms with Gasteiger partial charge in [0.2, 0.25) is 5.91 Å². The normalized spacial score (nSPS) is 18.4. The molecule has 1 aromatic rings. The number of esters is 1. The third kappa shape index (κ3) is 3.21. The largest absolute Gasteiger partial charge is 0.465 e. The second-order valence-electron chi connectivity index (χ2n) is 4.50. The molecule has 2 rings (SSSR count). The average Bonchev–Trinajstić information content (AvgIpc) is 3.01. The first kappa shape index (κ1) is 15.1. The highest BCUT2D eigenvalue weighted by atomic mass is 32.2. The molecular formula is C13H15NO4S2. The van der Waals surface area contributed by atoms with Crippen molar-refractivity contribution < 1.29 is 19.1 Å². The number of anilines is 1. The molecule has 1 unspecified atom stereocenters. The fourth-order valence-corrected chi connectivity index (χ4v) is 3.63. The number of rotatable bonds is 4. The molecule has 5 nitrogen and oxygen atoms in total. The Balaban J connectivity index is 2.10. The van der Waals surface area contributed by atoms with Gasteiger partial charge in [-0.1, -0.05) is 11.8 Å². The Bertz CT molecular complexity index is 540. The number of methoxy groups -OCH3 is 1. The maximum Gasteiger partial charge on any atom is 0.350 e. The first-order valence-electron chi connectivity index (χ1n) is 6.12. The van der Waals surface area contributed by atoms with Crippen molar-refractivity contribution in [2.75, 3.05) is 24.3 Å². The molecule has 0 spiro atoms. The maximum absolute atomic E-state index is 12.1. The number of amides is 1. The minimum Gasteiger partial charge on any atom is -0.465 e.